The number of sulfonamides is 1. The normalized spacial score (nSPS) is 13.9. The molecule has 2 N–H and O–H groups in total. The standard InChI is InChI=1S/C23H21N3O5S/c1-23(2,3)14-6-8-16(9-7-14)32(30,31)25-17-10-11-18(27)20-19(17)21(28)26(22(20)29)15-5-4-12-24-13-15/h4-13,25,27H,1-3H3. The van der Waals surface area contributed by atoms with Crippen molar-refractivity contribution >= 4 is 33.2 Å². The topological polar surface area (TPSA) is 117 Å². The van der Waals surface area contributed by atoms with Gasteiger partial charge in [0.2, 0.25) is 0 Å². The molecular formula is C23H21N3O5S. The largest absolute Gasteiger partial charge is 0.507 e. The summed E-state index contributed by atoms with van der Waals surface area (Å²) in [7, 11) is -4.06. The first-order valence-corrected chi connectivity index (χ1v) is 11.3. The molecule has 4 rings (SSSR count). The van der Waals surface area contributed by atoms with Gasteiger partial charge < -0.3 is 5.11 Å². The summed E-state index contributed by atoms with van der Waals surface area (Å²) in [6, 6.07) is 11.9. The number of amides is 2. The number of imide groups is 1. The quantitative estimate of drug-likeness (QED) is 0.462. The number of hydrogen-bond donors (Lipinski definition) is 2. The van der Waals surface area contributed by atoms with Crippen LogP contribution in [0.25, 0.3) is 0 Å². The molecule has 9 heteroatoms. The summed E-state index contributed by atoms with van der Waals surface area (Å²) in [5.74, 6) is -1.93. The van der Waals surface area contributed by atoms with E-state index in [0.717, 1.165) is 10.5 Å². The zero-order valence-electron chi connectivity index (χ0n) is 17.7. The molecule has 0 radical (unpaired) electrons. The van der Waals surface area contributed by atoms with Gasteiger partial charge in [-0.1, -0.05) is 32.9 Å². The smallest absolute Gasteiger partial charge is 0.270 e. The van der Waals surface area contributed by atoms with E-state index < -0.39 is 27.6 Å². The highest BCUT2D eigenvalue weighted by atomic mass is 32.2. The van der Waals surface area contributed by atoms with Crippen LogP contribution in [0, 0.1) is 0 Å². The van der Waals surface area contributed by atoms with Crippen molar-refractivity contribution in [1.82, 2.24) is 4.98 Å². The van der Waals surface area contributed by atoms with Crippen molar-refractivity contribution in [3.05, 3.63) is 77.6 Å². The van der Waals surface area contributed by atoms with Gasteiger partial charge in [-0.25, -0.2) is 13.3 Å². The van der Waals surface area contributed by atoms with Gasteiger partial charge in [-0.05, 0) is 47.4 Å². The molecule has 3 aromatic rings. The molecule has 0 saturated carbocycles. The van der Waals surface area contributed by atoms with Crippen molar-refractivity contribution in [2.75, 3.05) is 9.62 Å². The fourth-order valence-electron chi connectivity index (χ4n) is 3.49. The number of fused-ring (bicyclic) bond motifs is 1. The van der Waals surface area contributed by atoms with E-state index in [2.05, 4.69) is 9.71 Å². The maximum Gasteiger partial charge on any atom is 0.270 e. The second-order valence-electron chi connectivity index (χ2n) is 8.42. The number of rotatable bonds is 4. The van der Waals surface area contributed by atoms with Gasteiger partial charge >= 0.3 is 0 Å². The summed E-state index contributed by atoms with van der Waals surface area (Å²) in [6.07, 6.45) is 2.82. The zero-order valence-corrected chi connectivity index (χ0v) is 18.5. The van der Waals surface area contributed by atoms with Crippen molar-refractivity contribution in [1.29, 1.82) is 0 Å². The Morgan fingerprint density at radius 2 is 1.59 bits per heavy atom. The maximum atomic E-state index is 13.1. The molecule has 0 bridgehead atoms. The molecule has 8 nitrogen and oxygen atoms in total. The molecule has 0 saturated heterocycles. The number of pyridine rings is 1. The van der Waals surface area contributed by atoms with Crippen LogP contribution in [0.4, 0.5) is 11.4 Å². The van der Waals surface area contributed by atoms with Gasteiger partial charge in [-0.15, -0.1) is 0 Å². The highest BCUT2D eigenvalue weighted by Gasteiger charge is 2.41. The average molecular weight is 452 g/mol. The van der Waals surface area contributed by atoms with Gasteiger partial charge in [0.25, 0.3) is 21.8 Å². The highest BCUT2D eigenvalue weighted by Crippen LogP contribution is 2.38. The summed E-state index contributed by atoms with van der Waals surface area (Å²) in [6.45, 7) is 6.06. The van der Waals surface area contributed by atoms with E-state index in [4.69, 9.17) is 0 Å². The lowest BCUT2D eigenvalue weighted by molar-refractivity contribution is 0.0925. The van der Waals surface area contributed by atoms with E-state index in [1.54, 1.807) is 18.2 Å². The van der Waals surface area contributed by atoms with E-state index in [1.807, 2.05) is 20.8 Å². The van der Waals surface area contributed by atoms with E-state index >= 15 is 0 Å². The monoisotopic (exact) mass is 451 g/mol. The predicted octanol–water partition coefficient (Wildman–Crippen LogP) is 3.69. The van der Waals surface area contributed by atoms with Gasteiger partial charge in [-0.3, -0.25) is 19.3 Å². The number of aromatic nitrogens is 1. The minimum absolute atomic E-state index is 0.00760. The molecule has 2 aromatic carbocycles. The molecule has 0 aliphatic carbocycles. The number of anilines is 2. The second kappa shape index (κ2) is 7.45. The Kier molecular flexibility index (Phi) is 5.01. The summed E-state index contributed by atoms with van der Waals surface area (Å²) < 4.78 is 28.4. The lowest BCUT2D eigenvalue weighted by Crippen LogP contribution is -2.29. The third kappa shape index (κ3) is 3.60. The minimum Gasteiger partial charge on any atom is -0.507 e. The molecule has 1 aliphatic rings. The third-order valence-electron chi connectivity index (χ3n) is 5.20. The number of nitrogens with one attached hydrogen (secondary N) is 1. The lowest BCUT2D eigenvalue weighted by Gasteiger charge is -2.19. The lowest BCUT2D eigenvalue weighted by atomic mass is 9.87. The van der Waals surface area contributed by atoms with Crippen LogP contribution in [0.15, 0.2) is 65.8 Å². The van der Waals surface area contributed by atoms with Gasteiger partial charge in [-0.2, -0.15) is 0 Å². The van der Waals surface area contributed by atoms with Gasteiger partial charge in [0.15, 0.2) is 0 Å². The number of nitrogens with zero attached hydrogens (tertiary/aromatic N) is 2. The van der Waals surface area contributed by atoms with Gasteiger partial charge in [0.05, 0.1) is 33.6 Å². The fourth-order valence-corrected chi connectivity index (χ4v) is 4.56. The van der Waals surface area contributed by atoms with Crippen LogP contribution in [0.5, 0.6) is 5.75 Å². The second-order valence-corrected chi connectivity index (χ2v) is 10.1. The van der Waals surface area contributed by atoms with Crippen molar-refractivity contribution in [3.8, 4) is 5.75 Å². The molecule has 0 atom stereocenters. The Labute approximate surface area is 185 Å². The Balaban J connectivity index is 1.74. The van der Waals surface area contributed by atoms with Crippen LogP contribution < -0.4 is 9.62 Å². The Bertz CT molecular complexity index is 1330. The van der Waals surface area contributed by atoms with Crippen LogP contribution >= 0.6 is 0 Å². The highest BCUT2D eigenvalue weighted by molar-refractivity contribution is 7.92. The number of benzene rings is 2. The molecule has 0 unspecified atom stereocenters. The number of hydrogen-bond acceptors (Lipinski definition) is 6. The number of carbonyl (C=O) groups is 2. The Morgan fingerprint density at radius 3 is 2.19 bits per heavy atom. The summed E-state index contributed by atoms with van der Waals surface area (Å²) in [5, 5.41) is 10.2. The van der Waals surface area contributed by atoms with Crippen molar-refractivity contribution in [3.63, 3.8) is 0 Å². The molecule has 2 amide bonds. The van der Waals surface area contributed by atoms with E-state index in [9.17, 15) is 23.1 Å². The number of aromatic hydroxyl groups is 1. The van der Waals surface area contributed by atoms with Crippen LogP contribution in [0.1, 0.15) is 47.1 Å². The van der Waals surface area contributed by atoms with E-state index in [0.29, 0.717) is 0 Å². The van der Waals surface area contributed by atoms with Crippen molar-refractivity contribution < 1.29 is 23.1 Å². The van der Waals surface area contributed by atoms with E-state index in [-0.39, 0.29) is 32.8 Å². The van der Waals surface area contributed by atoms with Crippen molar-refractivity contribution in [2.24, 2.45) is 0 Å². The maximum absolute atomic E-state index is 13.1. The molecule has 1 aromatic heterocycles. The third-order valence-corrected chi connectivity index (χ3v) is 6.58. The molecule has 32 heavy (non-hydrogen) atoms. The molecule has 0 spiro atoms. The van der Waals surface area contributed by atoms with Crippen LogP contribution in [0.3, 0.4) is 0 Å². The zero-order chi connectivity index (χ0) is 23.3. The fraction of sp³-hybridized carbons (Fsp3) is 0.174. The number of phenols is 1. The molecule has 164 valence electrons. The molecule has 2 heterocycles. The van der Waals surface area contributed by atoms with Gasteiger partial charge in [0, 0.05) is 6.20 Å². The SMILES string of the molecule is CC(C)(C)c1ccc(S(=O)(=O)Nc2ccc(O)c3c2C(=O)N(c2cccnc2)C3=O)cc1. The Hall–Kier alpha value is -3.72. The minimum atomic E-state index is -4.06. The molecular weight excluding hydrogens is 430 g/mol. The van der Waals surface area contributed by atoms with Crippen LogP contribution in [-0.4, -0.2) is 30.3 Å². The molecule has 1 aliphatic heterocycles. The summed E-state index contributed by atoms with van der Waals surface area (Å²) in [4.78, 5) is 30.7. The van der Waals surface area contributed by atoms with Crippen LogP contribution in [-0.2, 0) is 15.4 Å². The van der Waals surface area contributed by atoms with Gasteiger partial charge in [0.1, 0.15) is 5.75 Å². The first-order chi connectivity index (χ1) is 15.0. The first-order valence-electron chi connectivity index (χ1n) is 9.79. The average Bonchev–Trinajstić information content (AvgIpc) is 3.01. The van der Waals surface area contributed by atoms with E-state index in [1.165, 1.54) is 42.7 Å². The first kappa shape index (κ1) is 21.5. The number of carbonyl (C=O) groups excluding carboxylic acids is 2. The Morgan fingerprint density at radius 1 is 0.938 bits per heavy atom. The number of phenolic OH excluding ortho intramolecular Hbond substituents is 1. The summed E-state index contributed by atoms with van der Waals surface area (Å²) >= 11 is 0. The predicted molar refractivity (Wildman–Crippen MR) is 119 cm³/mol. The molecule has 0 fully saturated rings. The summed E-state index contributed by atoms with van der Waals surface area (Å²) in [5.41, 5.74) is 0.466. The van der Waals surface area contributed by atoms with Crippen LogP contribution in [0.2, 0.25) is 0 Å². The van der Waals surface area contributed by atoms with Crippen molar-refractivity contribution in [2.45, 2.75) is 31.1 Å².